The lowest BCUT2D eigenvalue weighted by molar-refractivity contribution is -0.152. The van der Waals surface area contributed by atoms with Gasteiger partial charge in [-0.05, 0) is 184 Å². The summed E-state index contributed by atoms with van der Waals surface area (Å²) in [5.74, 6) is 0.660. The van der Waals surface area contributed by atoms with Crippen LogP contribution in [-0.2, 0) is 43.0 Å². The molecule has 8 aromatic heterocycles. The van der Waals surface area contributed by atoms with E-state index >= 15 is 0 Å². The molecule has 0 unspecified atom stereocenters. The monoisotopic (exact) mass is 2080 g/mol. The fraction of sp³-hybridized carbons (Fsp3) is 0.294. The Labute approximate surface area is 859 Å². The van der Waals surface area contributed by atoms with E-state index in [1.54, 1.807) is 103 Å². The Kier molecular flexibility index (Phi) is 30.4. The van der Waals surface area contributed by atoms with Gasteiger partial charge in [-0.1, -0.05) is 72.7 Å². The molecule has 4 saturated carbocycles. The zero-order valence-corrected chi connectivity index (χ0v) is 82.7. The molecule has 4 amide bonds. The second-order valence-electron chi connectivity index (χ2n) is 36.5. The van der Waals surface area contributed by atoms with E-state index in [9.17, 15) is 51.8 Å². The number of amides is 4. The number of aliphatic carboxylic acids is 1. The smallest absolute Gasteiger partial charge is 0.308 e. The third-order valence-corrected chi connectivity index (χ3v) is 26.3. The number of carboxylic acid groups (broad SMARTS) is 1. The van der Waals surface area contributed by atoms with Gasteiger partial charge in [-0.3, -0.25) is 48.3 Å². The number of carbonyl (C=O) groups excluding carboxylic acids is 6. The van der Waals surface area contributed by atoms with E-state index in [4.69, 9.17) is 76.2 Å². The highest BCUT2D eigenvalue weighted by Gasteiger charge is 2.36. The highest BCUT2D eigenvalue weighted by molar-refractivity contribution is 6.32. The minimum Gasteiger partial charge on any atom is -0.481 e. The molecule has 0 atom stereocenters. The van der Waals surface area contributed by atoms with Gasteiger partial charge in [0.2, 0.25) is 23.6 Å². The van der Waals surface area contributed by atoms with Crippen LogP contribution in [0.25, 0.3) is 46.9 Å². The average Bonchev–Trinajstić information content (AvgIpc) is 1.64. The summed E-state index contributed by atoms with van der Waals surface area (Å²) in [6, 6.07) is 28.5. The summed E-state index contributed by atoms with van der Waals surface area (Å²) in [4.78, 5) is 113. The van der Waals surface area contributed by atoms with Crippen LogP contribution < -0.4 is 42.5 Å². The lowest BCUT2D eigenvalue weighted by Gasteiger charge is -2.32. The number of nitrogens with one attached hydrogen (secondary N) is 8. The molecule has 5 aliphatic heterocycles. The second kappa shape index (κ2) is 44.1. The number of rotatable bonds is 32. The predicted molar refractivity (Wildman–Crippen MR) is 551 cm³/mol. The van der Waals surface area contributed by atoms with E-state index in [2.05, 4.69) is 122 Å². The topological polar surface area (TPSA) is 439 Å². The molecule has 13 heterocycles. The molecule has 10 N–H and O–H groups in total. The van der Waals surface area contributed by atoms with Crippen LogP contribution in [0.2, 0.25) is 20.1 Å². The van der Waals surface area contributed by atoms with Crippen molar-refractivity contribution in [2.45, 2.75) is 127 Å². The number of ether oxygens (including phenoxy) is 2. The number of aliphatic hydroxyl groups is 1. The van der Waals surface area contributed by atoms with Crippen LogP contribution in [0.15, 0.2) is 193 Å². The maximum Gasteiger partial charge on any atom is 0.308 e. The first-order chi connectivity index (χ1) is 70.7. The van der Waals surface area contributed by atoms with Gasteiger partial charge in [-0.25, -0.2) is 33.1 Å². The van der Waals surface area contributed by atoms with Crippen molar-refractivity contribution in [1.82, 2.24) is 87.8 Å². The molecule has 9 fully saturated rings. The van der Waals surface area contributed by atoms with Crippen LogP contribution in [0.4, 0.5) is 82.5 Å². The normalized spacial score (nSPS) is 17.6. The zero-order valence-electron chi connectivity index (χ0n) is 79.7. The van der Waals surface area contributed by atoms with E-state index in [1.165, 1.54) is 69.3 Å². The fourth-order valence-corrected chi connectivity index (χ4v) is 17.2. The number of carboxylic acids is 1. The quantitative estimate of drug-likeness (QED) is 0.0175. The molecule has 9 aliphatic rings. The Hall–Kier alpha value is -15.7. The van der Waals surface area contributed by atoms with Gasteiger partial charge in [-0.15, -0.1) is 0 Å². The number of benzene rings is 4. The summed E-state index contributed by atoms with van der Waals surface area (Å²) in [7, 11) is 3.81. The number of hydrogen-bond donors (Lipinski definition) is 10. The molecule has 21 rings (SSSR count). The summed E-state index contributed by atoms with van der Waals surface area (Å²) in [6.07, 6.45) is 23.2. The van der Waals surface area contributed by atoms with E-state index in [1.807, 2.05) is 18.2 Å². The SMILES string of the molecule is C=C1/C(=C/c2cnn3c(NC4CC4)cc(Nc4cc(Cl)ccc4F)nc23)CC(=O)N1CO.C=C1/C(=C/c2cnn3c(NC4CC4)cc(Nc4cc(Cl)ccc4F)nc23)CC(=O)N1COC(=O)CCCC(=O)O.C=C1/C(=C/c2cnn3c(NC4CC4)cc(Nc4cc(Cl)ccc4F)nc23)CC(=O)N1COC(=O)CCN1CCN(C)CC1.C=C1/C(=C/c2cnn3c(NC4CC4)cc(Nc4ccc(C#N)c(Cl)c4)nc23)CC(=O)N1C. The molecule has 0 bridgehead atoms. The number of nitriles is 1. The molecule has 38 nitrogen and oxygen atoms in total. The van der Waals surface area contributed by atoms with Crippen molar-refractivity contribution in [2.75, 3.05) is 110 Å². The van der Waals surface area contributed by atoms with Gasteiger partial charge < -0.3 is 76.9 Å². The molecule has 5 saturated heterocycles. The number of anilines is 12. The maximum absolute atomic E-state index is 14.5. The van der Waals surface area contributed by atoms with Gasteiger partial charge >= 0.3 is 17.9 Å². The molecule has 147 heavy (non-hydrogen) atoms. The number of aliphatic hydroxyl groups excluding tert-OH is 1. The molecular formula is C102H100Cl4F3N27O11. The number of fused-ring (bicyclic) bond motifs is 4. The van der Waals surface area contributed by atoms with E-state index < -0.39 is 36.1 Å². The minimum absolute atomic E-state index is 0.0156. The number of aromatic nitrogens is 12. The standard InChI is InChI=1S/C30H34ClFN8O3.C27H26ClFN6O5.C23H20ClN7O.C22H20ClFN6O2/c1-19-20(14-28(41)39(19)18-43-29(42)7-8-38-11-9-37(2)10-12-38)13-21-17-33-40-27(34-23-4-5-23)16-26(36-30(21)40)35-25-15-22(31)3-6-24(25)32;1-15-16(10-24(36)34(15)14-40-26(39)4-2-3-25(37)38)9-17-13-30-35-23(31-19-6-7-19)12-22(33-27(17)35)32-21-11-18(28)5-8-20(21)29;1-13-15(8-22(32)30(13)2)7-16-12-26-31-21(28-17-5-6-17)10-20(29-23(16)31)27-18-4-3-14(11-25)19(24)9-18;1-12-13(7-21(32)29(12)11-31)6-14-10-25-30-20(26-16-3-4-16)9-19(28-22(14)30)27-18-8-15(23)2-5-17(18)24/h3,6,13,15-17,23,34H,1,4-5,7-12,14,18H2,2H3,(H,35,36);5,8-9,11-13,19,31H,1-4,6-7,10,14H2,(H,32,33)(H,37,38);3-4,7,9-10,12,17,28H,1,5-6,8H2,2H3,(H,27,29);2,5-6,8-10,16,26,31H,1,3-4,7,11H2,(H,27,28)/b20-13+;16-9+;15-7+;13-6+. The van der Waals surface area contributed by atoms with Gasteiger partial charge in [0.05, 0.1) is 84.5 Å². The first-order valence-electron chi connectivity index (χ1n) is 47.3. The molecule has 0 radical (unpaired) electrons. The minimum atomic E-state index is -0.997. The van der Waals surface area contributed by atoms with Crippen LogP contribution in [0.1, 0.15) is 131 Å². The molecule has 45 heteroatoms. The largest absolute Gasteiger partial charge is 0.481 e. The summed E-state index contributed by atoms with van der Waals surface area (Å²) in [5, 5.41) is 72.8. The highest BCUT2D eigenvalue weighted by atomic mass is 35.5. The van der Waals surface area contributed by atoms with Crippen molar-refractivity contribution in [3.63, 3.8) is 0 Å². The number of halogens is 7. The van der Waals surface area contributed by atoms with Gasteiger partial charge in [0.1, 0.15) is 76.8 Å². The number of allylic oxidation sites excluding steroid dienone is 4. The number of carbonyl (C=O) groups is 7. The fourth-order valence-electron chi connectivity index (χ4n) is 16.4. The van der Waals surface area contributed by atoms with Crippen molar-refractivity contribution in [1.29, 1.82) is 5.26 Å². The molecule has 4 aliphatic carbocycles. The Morgan fingerprint density at radius 1 is 0.456 bits per heavy atom. The van der Waals surface area contributed by atoms with Crippen LogP contribution in [0.5, 0.6) is 0 Å². The van der Waals surface area contributed by atoms with Crippen molar-refractivity contribution in [2.24, 2.45) is 0 Å². The lowest BCUT2D eigenvalue weighted by atomic mass is 10.1. The van der Waals surface area contributed by atoms with Crippen molar-refractivity contribution < 1.29 is 66.4 Å². The van der Waals surface area contributed by atoms with Crippen LogP contribution in [-0.4, -0.2) is 231 Å². The van der Waals surface area contributed by atoms with Gasteiger partial charge in [0.25, 0.3) is 0 Å². The Morgan fingerprint density at radius 3 is 1.14 bits per heavy atom. The van der Waals surface area contributed by atoms with E-state index in [0.717, 1.165) is 100 Å². The molecular weight excluding hydrogens is 1980 g/mol. The Balaban J connectivity index is 0.000000129. The number of hydrogen-bond acceptors (Lipinski definition) is 29. The summed E-state index contributed by atoms with van der Waals surface area (Å²) < 4.78 is 60.5. The molecule has 4 aromatic carbocycles. The van der Waals surface area contributed by atoms with Crippen LogP contribution in [0, 0.1) is 28.8 Å². The zero-order chi connectivity index (χ0) is 103. The first kappa shape index (κ1) is 101. The summed E-state index contributed by atoms with van der Waals surface area (Å²) >= 11 is 24.3. The van der Waals surface area contributed by atoms with Crippen LogP contribution >= 0.6 is 46.4 Å². The number of piperazine rings is 1. The Morgan fingerprint density at radius 2 is 0.803 bits per heavy atom. The molecule has 12 aromatic rings. The number of likely N-dealkylation sites (N-methyl/N-ethyl adjacent to an activating group) is 2. The van der Waals surface area contributed by atoms with Crippen molar-refractivity contribution in [3.8, 4) is 6.07 Å². The Bertz CT molecular complexity index is 7510. The summed E-state index contributed by atoms with van der Waals surface area (Å²) in [5.41, 5.74) is 11.4. The molecule has 0 spiro atoms. The lowest BCUT2D eigenvalue weighted by Crippen LogP contribution is -2.45. The highest BCUT2D eigenvalue weighted by Crippen LogP contribution is 2.41. The van der Waals surface area contributed by atoms with Gasteiger partial charge in [0, 0.05) is 167 Å². The predicted octanol–water partition coefficient (Wildman–Crippen LogP) is 17.1. The third kappa shape index (κ3) is 24.6. The first-order valence-corrected chi connectivity index (χ1v) is 48.8. The van der Waals surface area contributed by atoms with E-state index in [0.29, 0.717) is 182 Å². The van der Waals surface area contributed by atoms with Crippen LogP contribution in [0.3, 0.4) is 0 Å². The third-order valence-electron chi connectivity index (χ3n) is 25.3. The molecule has 758 valence electrons. The van der Waals surface area contributed by atoms with Gasteiger partial charge in [-0.2, -0.15) is 43.7 Å². The number of likely N-dealkylation sites (tertiary alicyclic amines) is 4. The summed E-state index contributed by atoms with van der Waals surface area (Å²) in [6.45, 7) is 19.5. The van der Waals surface area contributed by atoms with Crippen molar-refractivity contribution in [3.05, 3.63) is 259 Å². The number of nitrogens with zero attached hydrogens (tertiary/aromatic N) is 19. The number of esters is 2. The second-order valence-corrected chi connectivity index (χ2v) is 38.2. The maximum atomic E-state index is 14.5. The van der Waals surface area contributed by atoms with Gasteiger partial charge in [0.15, 0.2) is 36.1 Å². The average molecular weight is 2080 g/mol. The van der Waals surface area contributed by atoms with Crippen molar-refractivity contribution >= 4 is 204 Å². The van der Waals surface area contributed by atoms with E-state index in [-0.39, 0.29) is 105 Å².